The zero-order valence-electron chi connectivity index (χ0n) is 14.8. The molecule has 0 aliphatic heterocycles. The van der Waals surface area contributed by atoms with Crippen molar-refractivity contribution in [3.05, 3.63) is 72.2 Å². The van der Waals surface area contributed by atoms with Crippen LogP contribution in [0.3, 0.4) is 0 Å². The molecular weight excluding hydrogens is 384 g/mol. The number of amides is 1. The lowest BCUT2D eigenvalue weighted by molar-refractivity contribution is -0.111. The van der Waals surface area contributed by atoms with Crippen LogP contribution in [0.15, 0.2) is 60.8 Å². The molecule has 0 aliphatic carbocycles. The highest BCUT2D eigenvalue weighted by atomic mass is 31.2. The molecule has 0 radical (unpaired) electrons. The van der Waals surface area contributed by atoms with Crippen LogP contribution in [0.4, 0.5) is 10.1 Å². The number of nitrogens with one attached hydrogen (secondary N) is 1. The molecule has 3 aromatic rings. The Morgan fingerprint density at radius 1 is 1.14 bits per heavy atom. The van der Waals surface area contributed by atoms with E-state index in [4.69, 9.17) is 9.79 Å². The van der Waals surface area contributed by atoms with Gasteiger partial charge in [-0.1, -0.05) is 0 Å². The maximum atomic E-state index is 13.1. The Morgan fingerprint density at radius 3 is 2.39 bits per heavy atom. The summed E-state index contributed by atoms with van der Waals surface area (Å²) < 4.78 is 25.9. The number of nitrogens with zero attached hydrogens (tertiary/aromatic N) is 2. The predicted molar refractivity (Wildman–Crippen MR) is 104 cm³/mol. The van der Waals surface area contributed by atoms with Gasteiger partial charge in [0.25, 0.3) is 0 Å². The van der Waals surface area contributed by atoms with Crippen molar-refractivity contribution in [2.75, 3.05) is 5.32 Å². The summed E-state index contributed by atoms with van der Waals surface area (Å²) in [5.41, 5.74) is 2.57. The first-order valence-electron chi connectivity index (χ1n) is 8.17. The number of hydrogen-bond donors (Lipinski definition) is 3. The topological polar surface area (TPSA) is 104 Å². The fraction of sp³-hybridized carbons (Fsp3) is 0.0526. The van der Waals surface area contributed by atoms with Gasteiger partial charge in [-0.15, -0.1) is 0 Å². The van der Waals surface area contributed by atoms with E-state index < -0.39 is 13.5 Å². The first-order chi connectivity index (χ1) is 13.2. The monoisotopic (exact) mass is 401 g/mol. The van der Waals surface area contributed by atoms with E-state index in [1.54, 1.807) is 36.1 Å². The molecule has 0 unspecified atom stereocenters. The average Bonchev–Trinajstić information content (AvgIpc) is 3.01. The first kappa shape index (κ1) is 19.7. The lowest BCUT2D eigenvalue weighted by Gasteiger charge is -2.06. The van der Waals surface area contributed by atoms with Crippen molar-refractivity contribution in [3.63, 3.8) is 0 Å². The highest BCUT2D eigenvalue weighted by Gasteiger charge is 2.16. The van der Waals surface area contributed by atoms with E-state index in [9.17, 15) is 13.8 Å². The largest absolute Gasteiger partial charge is 0.356 e. The van der Waals surface area contributed by atoms with Crippen LogP contribution >= 0.6 is 7.60 Å². The first-order valence-corrected chi connectivity index (χ1v) is 9.78. The summed E-state index contributed by atoms with van der Waals surface area (Å²) in [6.07, 6.45) is 4.50. The van der Waals surface area contributed by atoms with Crippen molar-refractivity contribution in [1.29, 1.82) is 0 Å². The molecule has 144 valence electrons. The smallest absolute Gasteiger partial charge is 0.323 e. The summed E-state index contributed by atoms with van der Waals surface area (Å²) in [6, 6.07) is 11.3. The maximum absolute atomic E-state index is 13.1. The van der Waals surface area contributed by atoms with Crippen molar-refractivity contribution in [3.8, 4) is 11.3 Å². The van der Waals surface area contributed by atoms with Crippen LogP contribution < -0.4 is 10.6 Å². The quantitative estimate of drug-likeness (QED) is 0.450. The lowest BCUT2D eigenvalue weighted by atomic mass is 10.1. The van der Waals surface area contributed by atoms with Crippen molar-refractivity contribution in [1.82, 2.24) is 9.78 Å². The van der Waals surface area contributed by atoms with E-state index in [0.29, 0.717) is 11.3 Å². The van der Waals surface area contributed by atoms with Crippen molar-refractivity contribution < 1.29 is 23.5 Å². The van der Waals surface area contributed by atoms with Gasteiger partial charge < -0.3 is 15.1 Å². The summed E-state index contributed by atoms with van der Waals surface area (Å²) in [6.45, 7) is 0. The van der Waals surface area contributed by atoms with Crippen LogP contribution in [0.5, 0.6) is 0 Å². The average molecular weight is 401 g/mol. The number of aromatic nitrogens is 2. The summed E-state index contributed by atoms with van der Waals surface area (Å²) >= 11 is 0. The molecule has 0 aliphatic rings. The SMILES string of the molecule is Cn1ncc(C=CC(=O)Nc2ccc(P(=O)(O)O)cc2)c1-c1ccc(F)cc1. The van der Waals surface area contributed by atoms with Crippen LogP contribution in [0.25, 0.3) is 17.3 Å². The highest BCUT2D eigenvalue weighted by molar-refractivity contribution is 7.60. The molecule has 0 atom stereocenters. The molecule has 7 nitrogen and oxygen atoms in total. The zero-order chi connectivity index (χ0) is 20.3. The second-order valence-corrected chi connectivity index (χ2v) is 7.60. The van der Waals surface area contributed by atoms with Crippen molar-refractivity contribution >= 4 is 30.6 Å². The van der Waals surface area contributed by atoms with Crippen molar-refractivity contribution in [2.45, 2.75) is 0 Å². The molecule has 1 aromatic heterocycles. The standard InChI is InChI=1S/C19H17FN3O4P/c1-23-19(13-2-5-15(20)6-3-13)14(12-21-23)4-11-18(24)22-16-7-9-17(10-8-16)28(25,26)27/h2-12H,1H3,(H,22,24)(H2,25,26,27). The minimum atomic E-state index is -4.32. The number of anilines is 1. The lowest BCUT2D eigenvalue weighted by Crippen LogP contribution is -2.09. The van der Waals surface area contributed by atoms with Gasteiger partial charge in [-0.2, -0.15) is 5.10 Å². The Kier molecular flexibility index (Phi) is 5.56. The van der Waals surface area contributed by atoms with Crippen LogP contribution in [-0.2, 0) is 16.4 Å². The molecule has 0 fully saturated rings. The molecule has 1 amide bonds. The number of halogens is 1. The molecule has 3 N–H and O–H groups in total. The molecule has 9 heteroatoms. The number of carbonyl (C=O) groups excluding carboxylic acids is 1. The maximum Gasteiger partial charge on any atom is 0.356 e. The summed E-state index contributed by atoms with van der Waals surface area (Å²) in [7, 11) is -2.57. The van der Waals surface area contributed by atoms with Crippen LogP contribution in [-0.4, -0.2) is 25.5 Å². The fourth-order valence-electron chi connectivity index (χ4n) is 2.63. The Morgan fingerprint density at radius 2 is 1.79 bits per heavy atom. The van der Waals surface area contributed by atoms with Gasteiger partial charge >= 0.3 is 7.60 Å². The second kappa shape index (κ2) is 7.90. The van der Waals surface area contributed by atoms with Gasteiger partial charge in [-0.05, 0) is 54.6 Å². The van der Waals surface area contributed by atoms with E-state index in [0.717, 1.165) is 11.3 Å². The van der Waals surface area contributed by atoms with Crippen LogP contribution in [0.1, 0.15) is 5.56 Å². The number of benzene rings is 2. The third-order valence-corrected chi connectivity index (χ3v) is 4.94. The van der Waals surface area contributed by atoms with Crippen LogP contribution in [0, 0.1) is 5.82 Å². The number of aryl methyl sites for hydroxylation is 1. The van der Waals surface area contributed by atoms with E-state index in [1.807, 2.05) is 0 Å². The van der Waals surface area contributed by atoms with Gasteiger partial charge in [-0.25, -0.2) is 4.39 Å². The van der Waals surface area contributed by atoms with Crippen LogP contribution in [0.2, 0.25) is 0 Å². The van der Waals surface area contributed by atoms with E-state index in [2.05, 4.69) is 10.4 Å². The van der Waals surface area contributed by atoms with Gasteiger partial charge in [0, 0.05) is 29.9 Å². The van der Waals surface area contributed by atoms with Gasteiger partial charge in [0.15, 0.2) is 0 Å². The Balaban J connectivity index is 1.75. The fourth-order valence-corrected chi connectivity index (χ4v) is 3.16. The third-order valence-electron chi connectivity index (χ3n) is 3.97. The molecule has 1 heterocycles. The third kappa shape index (κ3) is 4.61. The molecule has 0 saturated carbocycles. The molecule has 0 saturated heterocycles. The Bertz CT molecular complexity index is 1070. The predicted octanol–water partition coefficient (Wildman–Crippen LogP) is 2.68. The summed E-state index contributed by atoms with van der Waals surface area (Å²) in [5.74, 6) is -0.759. The highest BCUT2D eigenvalue weighted by Crippen LogP contribution is 2.33. The molecule has 2 aromatic carbocycles. The molecular formula is C19H17FN3O4P. The van der Waals surface area contributed by atoms with Gasteiger partial charge in [0.1, 0.15) is 5.82 Å². The minimum absolute atomic E-state index is 0.125. The summed E-state index contributed by atoms with van der Waals surface area (Å²) in [5, 5.41) is 6.66. The Hall–Kier alpha value is -3.06. The molecule has 28 heavy (non-hydrogen) atoms. The number of hydrogen-bond acceptors (Lipinski definition) is 3. The molecule has 0 bridgehead atoms. The van der Waals surface area contributed by atoms with Crippen molar-refractivity contribution in [2.24, 2.45) is 7.05 Å². The Labute approximate surface area is 160 Å². The summed E-state index contributed by atoms with van der Waals surface area (Å²) in [4.78, 5) is 30.3. The van der Waals surface area contributed by atoms with Gasteiger partial charge in [-0.3, -0.25) is 14.0 Å². The van der Waals surface area contributed by atoms with Gasteiger partial charge in [0.05, 0.1) is 17.2 Å². The van der Waals surface area contributed by atoms with E-state index in [1.165, 1.54) is 42.5 Å². The minimum Gasteiger partial charge on any atom is -0.323 e. The van der Waals surface area contributed by atoms with E-state index in [-0.39, 0.29) is 11.1 Å². The zero-order valence-corrected chi connectivity index (χ0v) is 15.7. The second-order valence-electron chi connectivity index (χ2n) is 5.99. The van der Waals surface area contributed by atoms with E-state index >= 15 is 0 Å². The number of rotatable bonds is 5. The normalized spacial score (nSPS) is 11.7. The van der Waals surface area contributed by atoms with Gasteiger partial charge in [0.2, 0.25) is 5.91 Å². The number of carbonyl (C=O) groups is 1. The molecule has 3 rings (SSSR count). The molecule has 0 spiro atoms.